The molecule has 82 valence electrons. The lowest BCUT2D eigenvalue weighted by atomic mass is 10.0. The van der Waals surface area contributed by atoms with Crippen LogP contribution in [0.3, 0.4) is 0 Å². The molecule has 0 bridgehead atoms. The van der Waals surface area contributed by atoms with Crippen LogP contribution in [-0.2, 0) is 0 Å². The Labute approximate surface area is 98.3 Å². The van der Waals surface area contributed by atoms with E-state index in [1.54, 1.807) is 36.4 Å². The van der Waals surface area contributed by atoms with Gasteiger partial charge in [-0.1, -0.05) is 18.2 Å². The van der Waals surface area contributed by atoms with Crippen molar-refractivity contribution in [2.75, 3.05) is 5.73 Å². The van der Waals surface area contributed by atoms with Gasteiger partial charge in [0.05, 0.1) is 17.3 Å². The van der Waals surface area contributed by atoms with Gasteiger partial charge < -0.3 is 5.73 Å². The Balaban J connectivity index is 2.53. The number of nitrogens with two attached hydrogens (primary N) is 1. The molecule has 0 saturated heterocycles. The number of benzene rings is 2. The summed E-state index contributed by atoms with van der Waals surface area (Å²) < 4.78 is 0. The molecule has 0 amide bonds. The Hall–Kier alpha value is -2.67. The third kappa shape index (κ3) is 2.13. The van der Waals surface area contributed by atoms with E-state index in [0.29, 0.717) is 11.3 Å². The minimum absolute atomic E-state index is 0.213. The van der Waals surface area contributed by atoms with Gasteiger partial charge in [0, 0.05) is 0 Å². The van der Waals surface area contributed by atoms with Gasteiger partial charge in [-0.3, -0.25) is 0 Å². The monoisotopic (exact) mass is 223 g/mol. The smallest absolute Gasteiger partial charge is 0.131 e. The number of rotatable bonds is 2. The van der Waals surface area contributed by atoms with Crippen LogP contribution >= 0.6 is 0 Å². The molecule has 0 heterocycles. The average molecular weight is 223 g/mol. The molecule has 2 aromatic rings. The maximum atomic E-state index is 10.6. The number of nitroso groups, excluding NO2 is 1. The highest BCUT2D eigenvalue weighted by Crippen LogP contribution is 2.29. The molecule has 0 radical (unpaired) electrons. The standard InChI is InChI=1S/C13H9N3O/c14-8-9-2-1-3-10(6-9)11-4-5-12(15)13(7-11)16-17/h1-7H,15H2. The summed E-state index contributed by atoms with van der Waals surface area (Å²) in [7, 11) is 0. The first-order chi connectivity index (χ1) is 8.24. The predicted molar refractivity (Wildman–Crippen MR) is 66.5 cm³/mol. The molecule has 4 heteroatoms. The van der Waals surface area contributed by atoms with Crippen molar-refractivity contribution in [1.82, 2.24) is 0 Å². The quantitative estimate of drug-likeness (QED) is 0.627. The minimum atomic E-state index is 0.213. The fraction of sp³-hybridized carbons (Fsp3) is 0. The zero-order valence-electron chi connectivity index (χ0n) is 8.92. The number of nitrogen functional groups attached to an aromatic ring is 1. The molecule has 0 aliphatic rings. The van der Waals surface area contributed by atoms with Gasteiger partial charge in [0.15, 0.2) is 0 Å². The largest absolute Gasteiger partial charge is 0.397 e. The van der Waals surface area contributed by atoms with Gasteiger partial charge in [0.1, 0.15) is 5.69 Å². The average Bonchev–Trinajstić information content (AvgIpc) is 2.39. The van der Waals surface area contributed by atoms with Crippen molar-refractivity contribution in [2.24, 2.45) is 5.18 Å². The molecule has 0 saturated carbocycles. The molecule has 0 aliphatic heterocycles. The van der Waals surface area contributed by atoms with Crippen LogP contribution in [0.2, 0.25) is 0 Å². The second-order valence-corrected chi connectivity index (χ2v) is 3.56. The molecule has 0 spiro atoms. The molecule has 2 aromatic carbocycles. The summed E-state index contributed by atoms with van der Waals surface area (Å²) in [4.78, 5) is 10.6. The van der Waals surface area contributed by atoms with E-state index >= 15 is 0 Å². The number of hydrogen-bond acceptors (Lipinski definition) is 4. The van der Waals surface area contributed by atoms with Crippen LogP contribution in [0.15, 0.2) is 47.6 Å². The van der Waals surface area contributed by atoms with Gasteiger partial charge in [-0.05, 0) is 40.6 Å². The van der Waals surface area contributed by atoms with Crippen LogP contribution in [0.4, 0.5) is 11.4 Å². The van der Waals surface area contributed by atoms with E-state index in [2.05, 4.69) is 11.2 Å². The highest BCUT2D eigenvalue weighted by atomic mass is 16.3. The fourth-order valence-electron chi connectivity index (χ4n) is 1.57. The second-order valence-electron chi connectivity index (χ2n) is 3.56. The van der Waals surface area contributed by atoms with Crippen LogP contribution in [-0.4, -0.2) is 0 Å². The fourth-order valence-corrected chi connectivity index (χ4v) is 1.57. The van der Waals surface area contributed by atoms with Crippen molar-refractivity contribution in [2.45, 2.75) is 0 Å². The maximum absolute atomic E-state index is 10.6. The topological polar surface area (TPSA) is 79.2 Å². The van der Waals surface area contributed by atoms with Crippen molar-refractivity contribution in [1.29, 1.82) is 5.26 Å². The molecule has 0 aromatic heterocycles. The van der Waals surface area contributed by atoms with Gasteiger partial charge >= 0.3 is 0 Å². The first-order valence-electron chi connectivity index (χ1n) is 4.98. The zero-order valence-corrected chi connectivity index (χ0v) is 8.92. The summed E-state index contributed by atoms with van der Waals surface area (Å²) in [5.74, 6) is 0. The Bertz CT molecular complexity index is 614. The normalized spacial score (nSPS) is 9.59. The molecule has 0 unspecified atom stereocenters. The lowest BCUT2D eigenvalue weighted by molar-refractivity contribution is 1.47. The lowest BCUT2D eigenvalue weighted by Crippen LogP contribution is -1.86. The Morgan fingerprint density at radius 1 is 1.12 bits per heavy atom. The molecular formula is C13H9N3O. The summed E-state index contributed by atoms with van der Waals surface area (Å²) in [5.41, 5.74) is 8.38. The second kappa shape index (κ2) is 4.45. The van der Waals surface area contributed by atoms with Gasteiger partial charge in [-0.25, -0.2) is 0 Å². The molecule has 4 nitrogen and oxygen atoms in total. The SMILES string of the molecule is N#Cc1cccc(-c2ccc(N)c(N=O)c2)c1. The number of hydrogen-bond donors (Lipinski definition) is 1. The Morgan fingerprint density at radius 3 is 2.59 bits per heavy atom. The Kier molecular flexibility index (Phi) is 2.84. The number of nitriles is 1. The van der Waals surface area contributed by atoms with Crippen LogP contribution in [0, 0.1) is 16.2 Å². The number of anilines is 1. The van der Waals surface area contributed by atoms with Gasteiger partial charge in [-0.15, -0.1) is 4.91 Å². The van der Waals surface area contributed by atoms with Crippen molar-refractivity contribution >= 4 is 11.4 Å². The first kappa shape index (κ1) is 10.8. The third-order valence-corrected chi connectivity index (χ3v) is 2.45. The van der Waals surface area contributed by atoms with Crippen LogP contribution in [0.1, 0.15) is 5.56 Å². The summed E-state index contributed by atoms with van der Waals surface area (Å²) in [5, 5.41) is 11.7. The van der Waals surface area contributed by atoms with E-state index in [1.807, 2.05) is 6.07 Å². The first-order valence-corrected chi connectivity index (χ1v) is 4.98. The van der Waals surface area contributed by atoms with Crippen LogP contribution < -0.4 is 5.73 Å². The summed E-state index contributed by atoms with van der Waals surface area (Å²) >= 11 is 0. The molecule has 17 heavy (non-hydrogen) atoms. The minimum Gasteiger partial charge on any atom is -0.397 e. The summed E-state index contributed by atoms with van der Waals surface area (Å²) in [6.45, 7) is 0. The van der Waals surface area contributed by atoms with E-state index in [1.165, 1.54) is 0 Å². The summed E-state index contributed by atoms with van der Waals surface area (Å²) in [6, 6.07) is 14.2. The van der Waals surface area contributed by atoms with Gasteiger partial charge in [0.25, 0.3) is 0 Å². The predicted octanol–water partition coefficient (Wildman–Crippen LogP) is 3.21. The van der Waals surface area contributed by atoms with Crippen molar-refractivity contribution in [3.8, 4) is 17.2 Å². The summed E-state index contributed by atoms with van der Waals surface area (Å²) in [6.07, 6.45) is 0. The Morgan fingerprint density at radius 2 is 1.88 bits per heavy atom. The molecule has 2 rings (SSSR count). The van der Waals surface area contributed by atoms with E-state index in [4.69, 9.17) is 11.0 Å². The van der Waals surface area contributed by atoms with Gasteiger partial charge in [0.2, 0.25) is 0 Å². The molecule has 0 fully saturated rings. The molecule has 0 aliphatic carbocycles. The third-order valence-electron chi connectivity index (χ3n) is 2.45. The van der Waals surface area contributed by atoms with Crippen molar-refractivity contribution in [3.63, 3.8) is 0 Å². The lowest BCUT2D eigenvalue weighted by Gasteiger charge is -2.04. The van der Waals surface area contributed by atoms with E-state index in [9.17, 15) is 4.91 Å². The van der Waals surface area contributed by atoms with Crippen molar-refractivity contribution < 1.29 is 0 Å². The van der Waals surface area contributed by atoms with E-state index < -0.39 is 0 Å². The zero-order chi connectivity index (χ0) is 12.3. The molecule has 2 N–H and O–H groups in total. The highest BCUT2D eigenvalue weighted by Gasteiger charge is 2.04. The van der Waals surface area contributed by atoms with E-state index in [-0.39, 0.29) is 5.69 Å². The van der Waals surface area contributed by atoms with Gasteiger partial charge in [-0.2, -0.15) is 5.26 Å². The molecule has 0 atom stereocenters. The van der Waals surface area contributed by atoms with Crippen molar-refractivity contribution in [3.05, 3.63) is 52.9 Å². The van der Waals surface area contributed by atoms with E-state index in [0.717, 1.165) is 11.1 Å². The highest BCUT2D eigenvalue weighted by molar-refractivity contribution is 5.74. The van der Waals surface area contributed by atoms with Crippen LogP contribution in [0.5, 0.6) is 0 Å². The molecular weight excluding hydrogens is 214 g/mol. The maximum Gasteiger partial charge on any atom is 0.131 e. The number of nitrogens with zero attached hydrogens (tertiary/aromatic N) is 2. The van der Waals surface area contributed by atoms with Crippen LogP contribution in [0.25, 0.3) is 11.1 Å².